The van der Waals surface area contributed by atoms with Crippen LogP contribution in [-0.2, 0) is 0 Å². The minimum Gasteiger partial charge on any atom is -0.504 e. The maximum atomic E-state index is 10.7. The molecule has 0 bridgehead atoms. The van der Waals surface area contributed by atoms with Crippen LogP contribution in [0.3, 0.4) is 0 Å². The zero-order valence-electron chi connectivity index (χ0n) is 10.0. The number of hydrogen-bond donors (Lipinski definition) is 2. The predicted octanol–water partition coefficient (Wildman–Crippen LogP) is 3.41. The fourth-order valence-corrected chi connectivity index (χ4v) is 1.70. The number of halogens is 1. The van der Waals surface area contributed by atoms with Crippen molar-refractivity contribution in [2.24, 2.45) is 4.99 Å². The average molecular weight is 293 g/mol. The molecule has 0 heterocycles. The van der Waals surface area contributed by atoms with E-state index in [1.54, 1.807) is 12.1 Å². The molecule has 2 rings (SSSR count). The molecule has 0 spiro atoms. The van der Waals surface area contributed by atoms with Crippen LogP contribution in [0.1, 0.15) is 5.56 Å². The van der Waals surface area contributed by atoms with Gasteiger partial charge < -0.3 is 10.2 Å². The lowest BCUT2D eigenvalue weighted by atomic mass is 10.2. The van der Waals surface area contributed by atoms with Gasteiger partial charge in [0, 0.05) is 17.8 Å². The summed E-state index contributed by atoms with van der Waals surface area (Å²) in [5, 5.41) is 29.7. The normalized spacial score (nSPS) is 10.8. The van der Waals surface area contributed by atoms with Crippen molar-refractivity contribution in [2.45, 2.75) is 0 Å². The van der Waals surface area contributed by atoms with Gasteiger partial charge in [0.25, 0.3) is 5.69 Å². The van der Waals surface area contributed by atoms with Crippen LogP contribution in [0.2, 0.25) is 5.02 Å². The van der Waals surface area contributed by atoms with Crippen molar-refractivity contribution >= 4 is 29.2 Å². The molecule has 0 aliphatic carbocycles. The number of phenolic OH excluding ortho intramolecular Hbond substituents is 2. The Morgan fingerprint density at radius 1 is 1.25 bits per heavy atom. The number of aromatic hydroxyl groups is 2. The minimum atomic E-state index is -0.604. The second kappa shape index (κ2) is 5.58. The van der Waals surface area contributed by atoms with Crippen LogP contribution in [0.4, 0.5) is 11.4 Å². The molecule has 2 aromatic carbocycles. The second-order valence-electron chi connectivity index (χ2n) is 3.87. The lowest BCUT2D eigenvalue weighted by Crippen LogP contribution is -1.88. The van der Waals surface area contributed by atoms with Crippen molar-refractivity contribution < 1.29 is 15.1 Å². The third kappa shape index (κ3) is 2.86. The van der Waals surface area contributed by atoms with Crippen molar-refractivity contribution in [3.63, 3.8) is 0 Å². The number of benzene rings is 2. The van der Waals surface area contributed by atoms with E-state index in [2.05, 4.69) is 4.99 Å². The Labute approximate surface area is 118 Å². The van der Waals surface area contributed by atoms with Crippen molar-refractivity contribution in [1.29, 1.82) is 0 Å². The molecule has 0 unspecified atom stereocenters. The number of nitro benzene ring substituents is 1. The molecule has 0 saturated heterocycles. The van der Waals surface area contributed by atoms with Gasteiger partial charge in [0.15, 0.2) is 11.5 Å². The first-order valence-electron chi connectivity index (χ1n) is 5.48. The number of nitrogens with zero attached hydrogens (tertiary/aromatic N) is 2. The van der Waals surface area contributed by atoms with E-state index in [1.165, 1.54) is 30.5 Å². The first-order valence-corrected chi connectivity index (χ1v) is 5.86. The number of para-hydroxylation sites is 1. The van der Waals surface area contributed by atoms with Gasteiger partial charge in [-0.2, -0.15) is 0 Å². The molecule has 0 aliphatic heterocycles. The largest absolute Gasteiger partial charge is 0.504 e. The molecule has 20 heavy (non-hydrogen) atoms. The van der Waals surface area contributed by atoms with E-state index >= 15 is 0 Å². The van der Waals surface area contributed by atoms with Gasteiger partial charge in [-0.15, -0.1) is 0 Å². The zero-order valence-corrected chi connectivity index (χ0v) is 10.8. The van der Waals surface area contributed by atoms with Crippen LogP contribution >= 0.6 is 11.6 Å². The van der Waals surface area contributed by atoms with Crippen molar-refractivity contribution in [3.05, 3.63) is 57.1 Å². The maximum Gasteiger partial charge on any atom is 0.290 e. The first-order chi connectivity index (χ1) is 9.49. The molecule has 0 fully saturated rings. The number of hydrogen-bond acceptors (Lipinski definition) is 5. The summed E-state index contributed by atoms with van der Waals surface area (Å²) in [6.07, 6.45) is 1.29. The summed E-state index contributed by atoms with van der Waals surface area (Å²) >= 11 is 5.69. The fourth-order valence-electron chi connectivity index (χ4n) is 1.52. The Morgan fingerprint density at radius 2 is 2.00 bits per heavy atom. The number of nitro groups is 1. The topological polar surface area (TPSA) is 96.0 Å². The van der Waals surface area contributed by atoms with Gasteiger partial charge in [0.1, 0.15) is 5.02 Å². The molecule has 2 N–H and O–H groups in total. The van der Waals surface area contributed by atoms with Crippen LogP contribution in [0.15, 0.2) is 41.4 Å². The Bertz CT molecular complexity index is 701. The number of rotatable bonds is 3. The lowest BCUT2D eigenvalue weighted by Gasteiger charge is -2.01. The quantitative estimate of drug-likeness (QED) is 0.392. The van der Waals surface area contributed by atoms with E-state index in [4.69, 9.17) is 11.6 Å². The van der Waals surface area contributed by atoms with E-state index in [9.17, 15) is 20.3 Å². The molecular weight excluding hydrogens is 284 g/mol. The van der Waals surface area contributed by atoms with E-state index in [0.29, 0.717) is 11.3 Å². The molecule has 0 atom stereocenters. The molecule has 0 aromatic heterocycles. The third-order valence-electron chi connectivity index (χ3n) is 2.53. The summed E-state index contributed by atoms with van der Waals surface area (Å²) in [6, 6.07) is 8.52. The molecule has 102 valence electrons. The van der Waals surface area contributed by atoms with E-state index in [1.807, 2.05) is 0 Å². The van der Waals surface area contributed by atoms with Crippen molar-refractivity contribution in [3.8, 4) is 11.5 Å². The highest BCUT2D eigenvalue weighted by Crippen LogP contribution is 2.30. The SMILES string of the molecule is O=[N+]([O-])c1cc(N=Cc2cccc(O)c2O)ccc1Cl. The molecule has 0 aliphatic rings. The van der Waals surface area contributed by atoms with Crippen LogP contribution in [0.25, 0.3) is 0 Å². The highest BCUT2D eigenvalue weighted by molar-refractivity contribution is 6.32. The van der Waals surface area contributed by atoms with Gasteiger partial charge in [-0.1, -0.05) is 17.7 Å². The Hall–Kier alpha value is -2.60. The molecule has 6 nitrogen and oxygen atoms in total. The summed E-state index contributed by atoms with van der Waals surface area (Å²) < 4.78 is 0. The summed E-state index contributed by atoms with van der Waals surface area (Å²) in [6.45, 7) is 0. The average Bonchev–Trinajstić information content (AvgIpc) is 2.41. The van der Waals surface area contributed by atoms with Crippen molar-refractivity contribution in [1.82, 2.24) is 0 Å². The predicted molar refractivity (Wildman–Crippen MR) is 75.1 cm³/mol. The Morgan fingerprint density at radius 3 is 2.70 bits per heavy atom. The standard InChI is InChI=1S/C13H9ClN2O4/c14-10-5-4-9(6-11(10)16(19)20)15-7-8-2-1-3-12(17)13(8)18/h1-7,17-18H. The minimum absolute atomic E-state index is 0.0224. The summed E-state index contributed by atoms with van der Waals surface area (Å²) in [7, 11) is 0. The molecular formula is C13H9ClN2O4. The molecule has 0 saturated carbocycles. The second-order valence-corrected chi connectivity index (χ2v) is 4.27. The van der Waals surface area contributed by atoms with Crippen molar-refractivity contribution in [2.75, 3.05) is 0 Å². The summed E-state index contributed by atoms with van der Waals surface area (Å²) in [5.41, 5.74) is 0.355. The van der Waals surface area contributed by atoms with Crippen LogP contribution < -0.4 is 0 Å². The lowest BCUT2D eigenvalue weighted by molar-refractivity contribution is -0.384. The van der Waals surface area contributed by atoms with Crippen LogP contribution in [-0.4, -0.2) is 21.4 Å². The van der Waals surface area contributed by atoms with Gasteiger partial charge in [0.05, 0.1) is 10.6 Å². The number of aliphatic imine (C=N–C) groups is 1. The van der Waals surface area contributed by atoms with Gasteiger partial charge in [-0.05, 0) is 24.3 Å². The van der Waals surface area contributed by atoms with Crippen LogP contribution in [0, 0.1) is 10.1 Å². The highest BCUT2D eigenvalue weighted by Gasteiger charge is 2.12. The maximum absolute atomic E-state index is 10.7. The Balaban J connectivity index is 2.34. The fraction of sp³-hybridized carbons (Fsp3) is 0. The van der Waals surface area contributed by atoms with Gasteiger partial charge in [0.2, 0.25) is 0 Å². The summed E-state index contributed by atoms with van der Waals surface area (Å²) in [5.74, 6) is -0.573. The Kier molecular flexibility index (Phi) is 3.86. The summed E-state index contributed by atoms with van der Waals surface area (Å²) in [4.78, 5) is 14.1. The first kappa shape index (κ1) is 13.8. The van der Waals surface area contributed by atoms with E-state index < -0.39 is 4.92 Å². The van der Waals surface area contributed by atoms with Gasteiger partial charge >= 0.3 is 0 Å². The third-order valence-corrected chi connectivity index (χ3v) is 2.84. The molecule has 2 aromatic rings. The van der Waals surface area contributed by atoms with E-state index in [-0.39, 0.29) is 22.2 Å². The smallest absolute Gasteiger partial charge is 0.290 e. The van der Waals surface area contributed by atoms with Crippen LogP contribution in [0.5, 0.6) is 11.5 Å². The van der Waals surface area contributed by atoms with Gasteiger partial charge in [-0.3, -0.25) is 15.1 Å². The van der Waals surface area contributed by atoms with Gasteiger partial charge in [-0.25, -0.2) is 0 Å². The molecule has 0 amide bonds. The zero-order chi connectivity index (χ0) is 14.7. The van der Waals surface area contributed by atoms with E-state index in [0.717, 1.165) is 0 Å². The molecule has 0 radical (unpaired) electrons. The monoisotopic (exact) mass is 292 g/mol. The highest BCUT2D eigenvalue weighted by atomic mass is 35.5. The molecule has 7 heteroatoms. The number of phenols is 2.